The molecule has 2 aliphatic rings. The molecule has 0 unspecified atom stereocenters. The van der Waals surface area contributed by atoms with Crippen LogP contribution in [0.3, 0.4) is 0 Å². The maximum atomic E-state index is 13.7. The van der Waals surface area contributed by atoms with Crippen molar-refractivity contribution in [2.45, 2.75) is 6.42 Å². The smallest absolute Gasteiger partial charge is 0.313 e. The molecule has 1 heterocycles. The summed E-state index contributed by atoms with van der Waals surface area (Å²) in [6.07, 6.45) is 3.47. The number of hydrogen-bond acceptors (Lipinski definition) is 4. The van der Waals surface area contributed by atoms with E-state index in [9.17, 15) is 23.2 Å². The molecule has 31 heavy (non-hydrogen) atoms. The summed E-state index contributed by atoms with van der Waals surface area (Å²) < 4.78 is 27.4. The molecule has 0 saturated carbocycles. The number of fused-ring (bicyclic) bond motifs is 1. The monoisotopic (exact) mass is 445 g/mol. The van der Waals surface area contributed by atoms with Gasteiger partial charge in [-0.2, -0.15) is 0 Å². The summed E-state index contributed by atoms with van der Waals surface area (Å²) in [5.41, 5.74) is 2.47. The second-order valence-corrected chi connectivity index (χ2v) is 7.72. The van der Waals surface area contributed by atoms with Gasteiger partial charge in [0.15, 0.2) is 5.78 Å². The molecule has 1 aliphatic heterocycles. The van der Waals surface area contributed by atoms with Crippen LogP contribution in [0.15, 0.2) is 36.4 Å². The number of rotatable bonds is 2. The summed E-state index contributed by atoms with van der Waals surface area (Å²) in [6.45, 7) is 1.09. The first kappa shape index (κ1) is 21.0. The summed E-state index contributed by atoms with van der Waals surface area (Å²) in [4.78, 5) is 39.5. The highest BCUT2D eigenvalue weighted by molar-refractivity contribution is 6.39. The maximum Gasteiger partial charge on any atom is 0.313 e. The van der Waals surface area contributed by atoms with Gasteiger partial charge in [-0.3, -0.25) is 14.4 Å². The van der Waals surface area contributed by atoms with Gasteiger partial charge in [0.1, 0.15) is 16.7 Å². The molecular weight excluding hydrogens is 428 g/mol. The fraction of sp³-hybridized carbons (Fsp3) is 0.227. The number of piperazine rings is 1. The molecule has 2 aromatic rings. The second-order valence-electron chi connectivity index (χ2n) is 7.35. The number of anilines is 2. The van der Waals surface area contributed by atoms with Gasteiger partial charge in [-0.25, -0.2) is 8.78 Å². The molecule has 0 radical (unpaired) electrons. The molecule has 1 aliphatic carbocycles. The number of ketones is 1. The molecule has 0 aromatic heterocycles. The van der Waals surface area contributed by atoms with Crippen molar-refractivity contribution in [3.8, 4) is 0 Å². The Hall–Kier alpha value is -3.26. The molecule has 1 N–H and O–H groups in total. The largest absolute Gasteiger partial charge is 0.368 e. The van der Waals surface area contributed by atoms with Crippen molar-refractivity contribution in [3.63, 3.8) is 0 Å². The zero-order valence-corrected chi connectivity index (χ0v) is 17.1. The molecule has 2 aromatic carbocycles. The Morgan fingerprint density at radius 1 is 0.968 bits per heavy atom. The number of benzene rings is 2. The normalized spacial score (nSPS) is 15.6. The van der Waals surface area contributed by atoms with Gasteiger partial charge in [-0.1, -0.05) is 23.7 Å². The Kier molecular flexibility index (Phi) is 5.73. The first-order valence-electron chi connectivity index (χ1n) is 9.65. The van der Waals surface area contributed by atoms with Crippen LogP contribution in [0.2, 0.25) is 5.02 Å². The van der Waals surface area contributed by atoms with Crippen molar-refractivity contribution >= 4 is 46.6 Å². The molecule has 1 fully saturated rings. The molecule has 9 heteroatoms. The van der Waals surface area contributed by atoms with Gasteiger partial charge < -0.3 is 15.1 Å². The van der Waals surface area contributed by atoms with Gasteiger partial charge in [0.2, 0.25) is 0 Å². The van der Waals surface area contributed by atoms with E-state index in [0.717, 1.165) is 23.3 Å². The Bertz CT molecular complexity index is 1090. The highest BCUT2D eigenvalue weighted by Gasteiger charge is 2.27. The number of halogens is 3. The lowest BCUT2D eigenvalue weighted by Crippen LogP contribution is -2.51. The zero-order chi connectivity index (χ0) is 22.1. The van der Waals surface area contributed by atoms with Crippen molar-refractivity contribution < 1.29 is 23.2 Å². The predicted molar refractivity (Wildman–Crippen MR) is 113 cm³/mol. The second kappa shape index (κ2) is 8.47. The van der Waals surface area contributed by atoms with E-state index in [1.807, 2.05) is 0 Å². The van der Waals surface area contributed by atoms with E-state index in [1.54, 1.807) is 29.2 Å². The number of carbonyl (C=O) groups is 3. The molecule has 0 atom stereocenters. The summed E-state index contributed by atoms with van der Waals surface area (Å²) in [7, 11) is 0. The Morgan fingerprint density at radius 2 is 1.65 bits per heavy atom. The average molecular weight is 446 g/mol. The third-order valence-electron chi connectivity index (χ3n) is 5.31. The lowest BCUT2D eigenvalue weighted by Gasteiger charge is -2.35. The van der Waals surface area contributed by atoms with Crippen molar-refractivity contribution in [2.24, 2.45) is 0 Å². The fourth-order valence-electron chi connectivity index (χ4n) is 3.64. The summed E-state index contributed by atoms with van der Waals surface area (Å²) in [5.74, 6) is -3.13. The first-order valence-corrected chi connectivity index (χ1v) is 10.0. The van der Waals surface area contributed by atoms with Crippen molar-refractivity contribution in [2.75, 3.05) is 36.4 Å². The molecule has 0 bridgehead atoms. The van der Waals surface area contributed by atoms with Crippen LogP contribution < -0.4 is 10.2 Å². The molecule has 6 nitrogen and oxygen atoms in total. The standard InChI is InChI=1S/C22H18ClF2N3O3/c23-20-18(24)11-16(12-19(20)25)27-5-7-28(8-6-27)22(31)21(30)26-15-3-1-14-10-17(29)4-2-13(14)9-15/h1-4,9,11-12H,5-8,10H2,(H,26,30). The first-order chi connectivity index (χ1) is 14.8. The van der Waals surface area contributed by atoms with E-state index in [4.69, 9.17) is 11.6 Å². The number of allylic oxidation sites excluding steroid dienone is 1. The third-order valence-corrected chi connectivity index (χ3v) is 5.67. The quantitative estimate of drug-likeness (QED) is 0.570. The number of carbonyl (C=O) groups excluding carboxylic acids is 3. The minimum absolute atomic E-state index is 0.0164. The van der Waals surface area contributed by atoms with E-state index < -0.39 is 28.5 Å². The zero-order valence-electron chi connectivity index (χ0n) is 16.3. The SMILES string of the molecule is O=C1C=Cc2cc(NC(=O)C(=O)N3CCN(c4cc(F)c(Cl)c(F)c4)CC3)ccc2C1. The van der Waals surface area contributed by atoms with Crippen LogP contribution >= 0.6 is 11.6 Å². The van der Waals surface area contributed by atoms with Crippen molar-refractivity contribution in [1.29, 1.82) is 0 Å². The number of nitrogens with one attached hydrogen (secondary N) is 1. The van der Waals surface area contributed by atoms with Crippen LogP contribution in [0.25, 0.3) is 6.08 Å². The van der Waals surface area contributed by atoms with Crippen LogP contribution in [-0.4, -0.2) is 48.7 Å². The van der Waals surface area contributed by atoms with Gasteiger partial charge in [-0.15, -0.1) is 0 Å². The van der Waals surface area contributed by atoms with Crippen LogP contribution in [0.5, 0.6) is 0 Å². The van der Waals surface area contributed by atoms with Crippen molar-refractivity contribution in [1.82, 2.24) is 4.90 Å². The molecule has 4 rings (SSSR count). The lowest BCUT2D eigenvalue weighted by atomic mass is 9.96. The minimum Gasteiger partial charge on any atom is -0.368 e. The summed E-state index contributed by atoms with van der Waals surface area (Å²) in [5, 5.41) is 2.03. The van der Waals surface area contributed by atoms with Crippen LogP contribution in [0, 0.1) is 11.6 Å². The lowest BCUT2D eigenvalue weighted by molar-refractivity contribution is -0.143. The highest BCUT2D eigenvalue weighted by Crippen LogP contribution is 2.26. The van der Waals surface area contributed by atoms with Gasteiger partial charge in [-0.05, 0) is 41.5 Å². The predicted octanol–water partition coefficient (Wildman–Crippen LogP) is 3.04. The maximum absolute atomic E-state index is 13.7. The van der Waals surface area contributed by atoms with Gasteiger partial charge in [0.25, 0.3) is 0 Å². The Labute approximate surface area is 182 Å². The molecular formula is C22H18ClF2N3O3. The topological polar surface area (TPSA) is 69.7 Å². The van der Waals surface area contributed by atoms with Gasteiger partial charge in [0.05, 0.1) is 0 Å². The van der Waals surface area contributed by atoms with Crippen molar-refractivity contribution in [3.05, 3.63) is 64.2 Å². The number of nitrogens with zero attached hydrogens (tertiary/aromatic N) is 2. The van der Waals surface area contributed by atoms with Crippen LogP contribution in [-0.2, 0) is 20.8 Å². The van der Waals surface area contributed by atoms with Gasteiger partial charge >= 0.3 is 11.8 Å². The minimum atomic E-state index is -0.848. The number of amides is 2. The Balaban J connectivity index is 1.36. The van der Waals surface area contributed by atoms with E-state index >= 15 is 0 Å². The third kappa shape index (κ3) is 4.44. The van der Waals surface area contributed by atoms with Gasteiger partial charge in [0, 0.05) is 44.0 Å². The molecule has 160 valence electrons. The van der Waals surface area contributed by atoms with E-state index in [1.165, 1.54) is 11.0 Å². The average Bonchev–Trinajstić information content (AvgIpc) is 2.76. The number of hydrogen-bond donors (Lipinski definition) is 1. The Morgan fingerprint density at radius 3 is 2.32 bits per heavy atom. The summed E-state index contributed by atoms with van der Waals surface area (Å²) in [6, 6.07) is 7.41. The van der Waals surface area contributed by atoms with E-state index in [0.29, 0.717) is 30.9 Å². The highest BCUT2D eigenvalue weighted by atomic mass is 35.5. The van der Waals surface area contributed by atoms with Crippen LogP contribution in [0.1, 0.15) is 11.1 Å². The molecule has 1 saturated heterocycles. The summed E-state index contributed by atoms with van der Waals surface area (Å²) >= 11 is 5.52. The molecule has 2 amide bonds. The molecule has 0 spiro atoms. The van der Waals surface area contributed by atoms with E-state index in [2.05, 4.69) is 5.32 Å². The fourth-order valence-corrected chi connectivity index (χ4v) is 3.75. The van der Waals surface area contributed by atoms with Crippen LogP contribution in [0.4, 0.5) is 20.2 Å². The van der Waals surface area contributed by atoms with E-state index in [-0.39, 0.29) is 18.9 Å².